The van der Waals surface area contributed by atoms with E-state index >= 15 is 0 Å². The van der Waals surface area contributed by atoms with Crippen molar-refractivity contribution in [2.75, 3.05) is 5.73 Å². The lowest BCUT2D eigenvalue weighted by molar-refractivity contribution is 0.0691. The first-order valence-electron chi connectivity index (χ1n) is 7.01. The van der Waals surface area contributed by atoms with Crippen LogP contribution in [0.5, 0.6) is 0 Å². The van der Waals surface area contributed by atoms with Gasteiger partial charge in [0.25, 0.3) is 0 Å². The van der Waals surface area contributed by atoms with E-state index < -0.39 is 5.97 Å². The number of aromatic nitrogens is 3. The third-order valence-electron chi connectivity index (χ3n) is 3.46. The maximum absolute atomic E-state index is 11.6. The minimum absolute atomic E-state index is 0.198. The number of hydrogen-bond acceptors (Lipinski definition) is 6. The fourth-order valence-corrected chi connectivity index (χ4v) is 2.27. The van der Waals surface area contributed by atoms with Crippen LogP contribution in [-0.4, -0.2) is 25.6 Å². The predicted octanol–water partition coefficient (Wildman–Crippen LogP) is 1.69. The second-order valence-corrected chi connectivity index (χ2v) is 5.24. The number of carboxylic acid groups (broad SMARTS) is 1. The van der Waals surface area contributed by atoms with Gasteiger partial charge < -0.3 is 19.8 Å². The Morgan fingerprint density at radius 1 is 1.21 bits per heavy atom. The van der Waals surface area contributed by atoms with Gasteiger partial charge in [-0.2, -0.15) is 0 Å². The van der Waals surface area contributed by atoms with E-state index in [0.717, 1.165) is 0 Å². The number of hydrogen-bond donors (Lipinski definition) is 2. The Hall–Kier alpha value is -3.42. The van der Waals surface area contributed by atoms with Crippen LogP contribution in [0.4, 0.5) is 5.82 Å². The monoisotopic (exact) mass is 326 g/mol. The average Bonchev–Trinajstić information content (AvgIpc) is 2.96. The summed E-state index contributed by atoms with van der Waals surface area (Å²) in [5.41, 5.74) is 6.27. The van der Waals surface area contributed by atoms with Crippen molar-refractivity contribution in [2.45, 2.75) is 6.92 Å². The highest BCUT2D eigenvalue weighted by Gasteiger charge is 2.21. The Bertz CT molecular complexity index is 1000. The molecule has 0 aliphatic rings. The van der Waals surface area contributed by atoms with Crippen LogP contribution in [0.3, 0.4) is 0 Å². The zero-order chi connectivity index (χ0) is 17.4. The van der Waals surface area contributed by atoms with Gasteiger partial charge in [0.15, 0.2) is 17.3 Å². The lowest BCUT2D eigenvalue weighted by Gasteiger charge is -2.10. The van der Waals surface area contributed by atoms with Crippen molar-refractivity contribution in [3.8, 4) is 22.7 Å². The van der Waals surface area contributed by atoms with Crippen molar-refractivity contribution in [3.05, 3.63) is 52.3 Å². The zero-order valence-corrected chi connectivity index (χ0v) is 13.0. The molecule has 3 N–H and O–H groups in total. The standard InChI is InChI=1S/C16H14N4O4/c1-8-3-5-10(24-8)13-12(9-4-6-11(21)20(2)7-9)18-14(16(22)23)15(17)19-13/h3-7H,1-2H3,(H2,17,19)(H,22,23). The second-order valence-electron chi connectivity index (χ2n) is 5.24. The number of nitrogens with zero attached hydrogens (tertiary/aromatic N) is 3. The fraction of sp³-hybridized carbons (Fsp3) is 0.125. The van der Waals surface area contributed by atoms with E-state index in [0.29, 0.717) is 22.8 Å². The van der Waals surface area contributed by atoms with Crippen LogP contribution in [0, 0.1) is 6.92 Å². The number of pyridine rings is 1. The molecule has 0 fully saturated rings. The highest BCUT2D eigenvalue weighted by Crippen LogP contribution is 2.31. The molecule has 0 spiro atoms. The summed E-state index contributed by atoms with van der Waals surface area (Å²) in [7, 11) is 1.59. The van der Waals surface area contributed by atoms with E-state index in [1.165, 1.54) is 10.6 Å². The molecule has 3 aromatic heterocycles. The lowest BCUT2D eigenvalue weighted by Crippen LogP contribution is -2.15. The normalized spacial score (nSPS) is 10.8. The summed E-state index contributed by atoms with van der Waals surface area (Å²) in [6.07, 6.45) is 1.55. The third kappa shape index (κ3) is 2.65. The third-order valence-corrected chi connectivity index (χ3v) is 3.46. The smallest absolute Gasteiger partial charge is 0.358 e. The molecule has 8 nitrogen and oxygen atoms in total. The first-order valence-corrected chi connectivity index (χ1v) is 7.01. The topological polar surface area (TPSA) is 124 Å². The summed E-state index contributed by atoms with van der Waals surface area (Å²) in [5, 5.41) is 9.24. The van der Waals surface area contributed by atoms with Crippen LogP contribution in [-0.2, 0) is 7.05 Å². The van der Waals surface area contributed by atoms with Gasteiger partial charge in [-0.05, 0) is 25.1 Å². The lowest BCUT2D eigenvalue weighted by atomic mass is 10.1. The van der Waals surface area contributed by atoms with Crippen molar-refractivity contribution >= 4 is 11.8 Å². The number of aromatic carboxylic acids is 1. The first kappa shape index (κ1) is 15.5. The fourth-order valence-electron chi connectivity index (χ4n) is 2.27. The summed E-state index contributed by atoms with van der Waals surface area (Å²) in [6, 6.07) is 6.37. The number of aryl methyl sites for hydroxylation is 2. The van der Waals surface area contributed by atoms with E-state index in [4.69, 9.17) is 10.2 Å². The van der Waals surface area contributed by atoms with E-state index in [9.17, 15) is 14.7 Å². The molecule has 122 valence electrons. The van der Waals surface area contributed by atoms with Crippen LogP contribution in [0.2, 0.25) is 0 Å². The number of nitrogen functional groups attached to an aromatic ring is 1. The Kier molecular flexibility index (Phi) is 3.64. The highest BCUT2D eigenvalue weighted by atomic mass is 16.4. The van der Waals surface area contributed by atoms with E-state index in [1.807, 2.05) is 0 Å². The number of carbonyl (C=O) groups is 1. The molecule has 0 saturated carbocycles. The molecule has 0 unspecified atom stereocenters. The van der Waals surface area contributed by atoms with Gasteiger partial charge in [-0.3, -0.25) is 4.79 Å². The quantitative estimate of drug-likeness (QED) is 0.750. The van der Waals surface area contributed by atoms with E-state index in [2.05, 4.69) is 9.97 Å². The number of furan rings is 1. The second kappa shape index (κ2) is 5.65. The highest BCUT2D eigenvalue weighted by molar-refractivity contribution is 5.92. The van der Waals surface area contributed by atoms with Gasteiger partial charge in [-0.25, -0.2) is 14.8 Å². The molecule has 0 atom stereocenters. The van der Waals surface area contributed by atoms with Crippen molar-refractivity contribution < 1.29 is 14.3 Å². The summed E-state index contributed by atoms with van der Waals surface area (Å²) in [6.45, 7) is 1.78. The average molecular weight is 326 g/mol. The van der Waals surface area contributed by atoms with Crippen LogP contribution in [0.1, 0.15) is 16.2 Å². The first-order chi connectivity index (χ1) is 11.4. The van der Waals surface area contributed by atoms with Crippen LogP contribution in [0.15, 0.2) is 39.7 Å². The Labute approximate surface area is 136 Å². The van der Waals surface area contributed by atoms with Gasteiger partial charge in [0, 0.05) is 24.9 Å². The van der Waals surface area contributed by atoms with Crippen LogP contribution < -0.4 is 11.3 Å². The van der Waals surface area contributed by atoms with Crippen LogP contribution >= 0.6 is 0 Å². The van der Waals surface area contributed by atoms with Gasteiger partial charge in [0.1, 0.15) is 17.1 Å². The number of nitrogens with two attached hydrogens (primary N) is 1. The summed E-state index contributed by atoms with van der Waals surface area (Å²) in [5.74, 6) is -0.417. The Balaban J connectivity index is 2.31. The molecule has 0 aromatic carbocycles. The van der Waals surface area contributed by atoms with Gasteiger partial charge in [0.05, 0.1) is 0 Å². The molecule has 0 aliphatic carbocycles. The zero-order valence-electron chi connectivity index (χ0n) is 13.0. The molecule has 3 rings (SSSR count). The molecule has 0 saturated heterocycles. The van der Waals surface area contributed by atoms with Crippen LogP contribution in [0.25, 0.3) is 22.7 Å². The van der Waals surface area contributed by atoms with Gasteiger partial charge in [-0.1, -0.05) is 0 Å². The van der Waals surface area contributed by atoms with Crippen molar-refractivity contribution in [3.63, 3.8) is 0 Å². The maximum atomic E-state index is 11.6. The number of rotatable bonds is 3. The molecule has 0 aliphatic heterocycles. The summed E-state index contributed by atoms with van der Waals surface area (Å²) in [4.78, 5) is 31.2. The SMILES string of the molecule is Cc1ccc(-c2nc(N)c(C(=O)O)nc2-c2ccc(=O)n(C)c2)o1. The minimum Gasteiger partial charge on any atom is -0.476 e. The Morgan fingerprint density at radius 2 is 1.96 bits per heavy atom. The van der Waals surface area contributed by atoms with E-state index in [-0.39, 0.29) is 22.8 Å². The molecule has 24 heavy (non-hydrogen) atoms. The van der Waals surface area contributed by atoms with E-state index in [1.54, 1.807) is 38.4 Å². The van der Waals surface area contributed by atoms with Crippen molar-refractivity contribution in [2.24, 2.45) is 7.05 Å². The predicted molar refractivity (Wildman–Crippen MR) is 86.5 cm³/mol. The molecule has 3 aromatic rings. The van der Waals surface area contributed by atoms with Gasteiger partial charge in [0.2, 0.25) is 5.56 Å². The van der Waals surface area contributed by atoms with Crippen molar-refractivity contribution in [1.82, 2.24) is 14.5 Å². The number of carboxylic acids is 1. The summed E-state index contributed by atoms with van der Waals surface area (Å²) < 4.78 is 6.93. The molecule has 0 bridgehead atoms. The molecule has 0 radical (unpaired) electrons. The Morgan fingerprint density at radius 3 is 2.54 bits per heavy atom. The molecular formula is C16H14N4O4. The summed E-state index contributed by atoms with van der Waals surface area (Å²) >= 11 is 0. The number of anilines is 1. The molecule has 0 amide bonds. The minimum atomic E-state index is -1.28. The molecule has 3 heterocycles. The molecule has 8 heteroatoms. The van der Waals surface area contributed by atoms with Crippen molar-refractivity contribution in [1.29, 1.82) is 0 Å². The van der Waals surface area contributed by atoms with Gasteiger partial charge >= 0.3 is 5.97 Å². The maximum Gasteiger partial charge on any atom is 0.358 e. The van der Waals surface area contributed by atoms with Gasteiger partial charge in [-0.15, -0.1) is 0 Å². The molecular weight excluding hydrogens is 312 g/mol. The largest absolute Gasteiger partial charge is 0.476 e.